The van der Waals surface area contributed by atoms with Crippen molar-refractivity contribution in [1.29, 1.82) is 0 Å². The molecule has 41 heavy (non-hydrogen) atoms. The van der Waals surface area contributed by atoms with Crippen LogP contribution < -0.4 is 0 Å². The molecule has 1 saturated heterocycles. The van der Waals surface area contributed by atoms with Crippen molar-refractivity contribution in [3.8, 4) is 0 Å². The minimum Gasteiger partial charge on any atom is -0.439 e. The third-order valence-electron chi connectivity index (χ3n) is 7.83. The summed E-state index contributed by atoms with van der Waals surface area (Å²) in [5.74, 6) is 0. The second-order valence-electron chi connectivity index (χ2n) is 11.0. The van der Waals surface area contributed by atoms with Crippen molar-refractivity contribution >= 4 is 64.1 Å². The molecule has 3 heterocycles. The summed E-state index contributed by atoms with van der Waals surface area (Å²) in [6, 6.07) is 9.35. The third kappa shape index (κ3) is 5.70. The van der Waals surface area contributed by atoms with Gasteiger partial charge in [-0.15, -0.1) is 0 Å². The van der Waals surface area contributed by atoms with E-state index in [1.54, 1.807) is 49.0 Å². The van der Waals surface area contributed by atoms with Crippen molar-refractivity contribution < 1.29 is 14.6 Å². The van der Waals surface area contributed by atoms with Gasteiger partial charge in [-0.1, -0.05) is 58.5 Å². The number of fused-ring (bicyclic) bond motifs is 2. The molecule has 0 saturated carbocycles. The van der Waals surface area contributed by atoms with E-state index in [1.807, 2.05) is 43.5 Å². The first-order valence-corrected chi connectivity index (χ1v) is 14.7. The zero-order valence-corrected chi connectivity index (χ0v) is 26.1. The lowest BCUT2D eigenvalue weighted by atomic mass is 9.84. The molecule has 5 rings (SSSR count). The Morgan fingerprint density at radius 1 is 1.10 bits per heavy atom. The van der Waals surface area contributed by atoms with Gasteiger partial charge < -0.3 is 19.3 Å². The minimum atomic E-state index is -1.77. The number of aryl methyl sites for hydroxylation is 1. The number of piperazine rings is 1. The van der Waals surface area contributed by atoms with Gasteiger partial charge in [-0.25, -0.2) is 9.78 Å². The number of rotatable bonds is 4. The van der Waals surface area contributed by atoms with Crippen molar-refractivity contribution in [2.45, 2.75) is 41.8 Å². The van der Waals surface area contributed by atoms with Gasteiger partial charge in [0.05, 0.1) is 30.0 Å². The van der Waals surface area contributed by atoms with E-state index in [4.69, 9.17) is 56.1 Å². The van der Waals surface area contributed by atoms with Crippen LogP contribution >= 0.6 is 46.4 Å². The summed E-state index contributed by atoms with van der Waals surface area (Å²) in [6.45, 7) is 6.79. The van der Waals surface area contributed by atoms with Crippen molar-refractivity contribution in [3.63, 3.8) is 0 Å². The Labute approximate surface area is 259 Å². The molecule has 2 atom stereocenters. The largest absolute Gasteiger partial charge is 0.439 e. The Morgan fingerprint density at radius 3 is 2.44 bits per heavy atom. The Morgan fingerprint density at radius 2 is 1.80 bits per heavy atom. The van der Waals surface area contributed by atoms with Crippen molar-refractivity contribution in [3.05, 3.63) is 82.2 Å². The first-order valence-electron chi connectivity index (χ1n) is 13.2. The monoisotopic (exact) mass is 637 g/mol. The van der Waals surface area contributed by atoms with Crippen LogP contribution in [-0.4, -0.2) is 71.1 Å². The second-order valence-corrected chi connectivity index (χ2v) is 13.7. The van der Waals surface area contributed by atoms with E-state index in [0.717, 1.165) is 22.4 Å². The molecule has 0 bridgehead atoms. The van der Waals surface area contributed by atoms with Gasteiger partial charge in [0.15, 0.2) is 5.60 Å². The molecule has 1 aromatic carbocycles. The fourth-order valence-corrected chi connectivity index (χ4v) is 5.69. The normalized spacial score (nSPS) is 19.5. The average Bonchev–Trinajstić information content (AvgIpc) is 3.29. The minimum absolute atomic E-state index is 0.259. The van der Waals surface area contributed by atoms with E-state index in [0.29, 0.717) is 42.5 Å². The fourth-order valence-electron chi connectivity index (χ4n) is 5.40. The molecular formula is C29H31Cl4N5O3. The Kier molecular flexibility index (Phi) is 8.13. The highest BCUT2D eigenvalue weighted by atomic mass is 35.6. The number of benzene rings is 1. The molecule has 1 unspecified atom stereocenters. The molecule has 3 aromatic rings. The van der Waals surface area contributed by atoms with Gasteiger partial charge in [-0.05, 0) is 67.3 Å². The standard InChI is InChI=1S/C29H31Cl4N5O3/c1-27(2,29(31,32)33)41-26(39)38-12-10-37(11-13-38)25-20-8-7-19(30)15-21(20)22(14-18-6-5-9-35-24(18)25)28(3,40)23-16-34-17-36(23)4/h5-9,14-17,25,40H,10-13H2,1-4H3/t25-,28?/m0/s1. The van der Waals surface area contributed by atoms with E-state index in [-0.39, 0.29) is 6.04 Å². The smallest absolute Gasteiger partial charge is 0.410 e. The van der Waals surface area contributed by atoms with E-state index in [2.05, 4.69) is 9.88 Å². The van der Waals surface area contributed by atoms with E-state index < -0.39 is 21.1 Å². The number of aromatic nitrogens is 3. The average molecular weight is 639 g/mol. The van der Waals surface area contributed by atoms with Crippen LogP contribution in [0, 0.1) is 0 Å². The van der Waals surface area contributed by atoms with Crippen LogP contribution in [0.3, 0.4) is 0 Å². The summed E-state index contributed by atoms with van der Waals surface area (Å²) >= 11 is 24.6. The van der Waals surface area contributed by atoms with Crippen molar-refractivity contribution in [1.82, 2.24) is 24.3 Å². The quantitative estimate of drug-likeness (QED) is 0.342. The number of hydrogen-bond acceptors (Lipinski definition) is 6. The van der Waals surface area contributed by atoms with E-state index >= 15 is 0 Å². The molecule has 2 aliphatic rings. The first-order chi connectivity index (χ1) is 19.2. The number of ether oxygens (including phenoxy) is 1. The highest BCUT2D eigenvalue weighted by molar-refractivity contribution is 6.68. The van der Waals surface area contributed by atoms with Crippen molar-refractivity contribution in [2.75, 3.05) is 26.2 Å². The number of halogens is 4. The number of amides is 1. The molecule has 1 amide bonds. The molecule has 0 radical (unpaired) electrons. The summed E-state index contributed by atoms with van der Waals surface area (Å²) in [4.78, 5) is 25.9. The summed E-state index contributed by atoms with van der Waals surface area (Å²) in [5, 5.41) is 12.6. The lowest BCUT2D eigenvalue weighted by molar-refractivity contribution is 0.00417. The number of alkyl halides is 3. The zero-order valence-electron chi connectivity index (χ0n) is 23.1. The van der Waals surface area contributed by atoms with Gasteiger partial charge in [-0.2, -0.15) is 0 Å². The van der Waals surface area contributed by atoms with Crippen LogP contribution in [-0.2, 0) is 17.4 Å². The second kappa shape index (κ2) is 11.1. The molecule has 1 aliphatic heterocycles. The number of aliphatic hydroxyl groups is 1. The number of hydrogen-bond donors (Lipinski definition) is 1. The number of carbonyl (C=O) groups is 1. The molecule has 0 spiro atoms. The summed E-state index contributed by atoms with van der Waals surface area (Å²) in [7, 11) is 1.85. The lowest BCUT2D eigenvalue weighted by Gasteiger charge is -2.41. The summed E-state index contributed by atoms with van der Waals surface area (Å²) < 4.78 is 5.60. The number of imidazole rings is 1. The number of pyridine rings is 1. The Hall–Kier alpha value is -2.33. The van der Waals surface area contributed by atoms with E-state index in [1.165, 1.54) is 0 Å². The maximum atomic E-state index is 13.0. The van der Waals surface area contributed by atoms with Crippen LogP contribution in [0.4, 0.5) is 4.79 Å². The Bertz CT molecular complexity index is 1490. The van der Waals surface area contributed by atoms with Gasteiger partial charge in [0.2, 0.25) is 3.79 Å². The molecule has 218 valence electrons. The first kappa shape index (κ1) is 30.1. The van der Waals surface area contributed by atoms with Gasteiger partial charge in [0.1, 0.15) is 5.60 Å². The molecule has 12 heteroatoms. The summed E-state index contributed by atoms with van der Waals surface area (Å²) in [6.07, 6.45) is 6.55. The predicted molar refractivity (Wildman–Crippen MR) is 162 cm³/mol. The maximum absolute atomic E-state index is 13.0. The van der Waals surface area contributed by atoms with Crippen molar-refractivity contribution in [2.24, 2.45) is 7.05 Å². The van der Waals surface area contributed by atoms with Gasteiger partial charge in [0.25, 0.3) is 0 Å². The molecule has 2 aromatic heterocycles. The molecule has 1 aliphatic carbocycles. The third-order valence-corrected chi connectivity index (χ3v) is 9.43. The van der Waals surface area contributed by atoms with Gasteiger partial charge in [0, 0.05) is 44.4 Å². The zero-order chi connectivity index (χ0) is 29.7. The summed E-state index contributed by atoms with van der Waals surface area (Å²) in [5.41, 5.74) is 2.14. The fraction of sp³-hybridized carbons (Fsp3) is 0.414. The van der Waals surface area contributed by atoms with Crippen LogP contribution in [0.1, 0.15) is 54.9 Å². The topological polar surface area (TPSA) is 83.7 Å². The lowest BCUT2D eigenvalue weighted by Crippen LogP contribution is -2.52. The molecule has 1 fully saturated rings. The Balaban J connectivity index is 1.51. The van der Waals surface area contributed by atoms with Gasteiger partial charge >= 0.3 is 6.09 Å². The van der Waals surface area contributed by atoms with Crippen LogP contribution in [0.15, 0.2) is 49.1 Å². The molecular weight excluding hydrogens is 608 g/mol. The molecule has 8 nitrogen and oxygen atoms in total. The van der Waals surface area contributed by atoms with Crippen LogP contribution in [0.2, 0.25) is 5.02 Å². The highest BCUT2D eigenvalue weighted by Gasteiger charge is 2.45. The molecule has 1 N–H and O–H groups in total. The van der Waals surface area contributed by atoms with Crippen LogP contribution in [0.5, 0.6) is 0 Å². The highest BCUT2D eigenvalue weighted by Crippen LogP contribution is 2.46. The SMILES string of the molecule is Cn1cncc1C(C)(O)C1=Cc2cccnc2[C@@H](N2CCN(C(=O)OC(C)(C)C(Cl)(Cl)Cl)CC2)c2ccc(Cl)cc21. The number of nitrogens with zero attached hydrogens (tertiary/aromatic N) is 5. The number of carbonyl (C=O) groups excluding carboxylic acids is 1. The van der Waals surface area contributed by atoms with Gasteiger partial charge in [-0.3, -0.25) is 9.88 Å². The maximum Gasteiger partial charge on any atom is 0.410 e. The predicted octanol–water partition coefficient (Wildman–Crippen LogP) is 6.22. The van der Waals surface area contributed by atoms with E-state index in [9.17, 15) is 9.90 Å². The van der Waals surface area contributed by atoms with Crippen LogP contribution in [0.25, 0.3) is 11.6 Å².